The van der Waals surface area contributed by atoms with Crippen molar-refractivity contribution >= 4 is 39.8 Å². The third-order valence-electron chi connectivity index (χ3n) is 5.49. The monoisotopic (exact) mass is 453 g/mol. The zero-order valence-electron chi connectivity index (χ0n) is 19.1. The van der Waals surface area contributed by atoms with E-state index in [-0.39, 0.29) is 11.8 Å². The van der Waals surface area contributed by atoms with Gasteiger partial charge in [0.2, 0.25) is 11.8 Å². The second-order valence-corrected chi connectivity index (χ2v) is 8.22. The van der Waals surface area contributed by atoms with Crippen LogP contribution in [0.15, 0.2) is 79.0 Å². The highest BCUT2D eigenvalue weighted by atomic mass is 16.2. The summed E-state index contributed by atoms with van der Waals surface area (Å²) in [6.45, 7) is 3.80. The van der Waals surface area contributed by atoms with Crippen LogP contribution in [0.5, 0.6) is 0 Å². The number of rotatable bonds is 7. The van der Waals surface area contributed by atoms with E-state index in [4.69, 9.17) is 5.73 Å². The summed E-state index contributed by atoms with van der Waals surface area (Å²) in [4.78, 5) is 28.8. The van der Waals surface area contributed by atoms with E-state index >= 15 is 0 Å². The lowest BCUT2D eigenvalue weighted by Crippen LogP contribution is -2.33. The molecule has 34 heavy (non-hydrogen) atoms. The van der Waals surface area contributed by atoms with Gasteiger partial charge in [0.25, 0.3) is 0 Å². The Bertz CT molecular complexity index is 1330. The number of amides is 2. The topological polar surface area (TPSA) is 109 Å². The average molecular weight is 454 g/mol. The number of benzene rings is 3. The molecule has 0 aliphatic rings. The molecule has 7 heteroatoms. The maximum atomic E-state index is 13.3. The van der Waals surface area contributed by atoms with Gasteiger partial charge in [-0.05, 0) is 59.8 Å². The van der Waals surface area contributed by atoms with Crippen LogP contribution in [0.2, 0.25) is 0 Å². The van der Waals surface area contributed by atoms with Crippen molar-refractivity contribution in [1.82, 2.24) is 10.3 Å². The van der Waals surface area contributed by atoms with Crippen molar-refractivity contribution in [3.8, 4) is 0 Å². The number of anilines is 3. The van der Waals surface area contributed by atoms with Crippen LogP contribution < -0.4 is 21.7 Å². The van der Waals surface area contributed by atoms with E-state index in [2.05, 4.69) is 20.9 Å². The van der Waals surface area contributed by atoms with E-state index in [1.807, 2.05) is 79.7 Å². The largest absolute Gasteiger partial charge is 0.383 e. The Balaban J connectivity index is 1.56. The molecule has 1 atom stereocenters. The van der Waals surface area contributed by atoms with Crippen LogP contribution >= 0.6 is 0 Å². The Morgan fingerprint density at radius 3 is 2.53 bits per heavy atom. The van der Waals surface area contributed by atoms with Gasteiger partial charge < -0.3 is 21.7 Å². The molecule has 0 aliphatic heterocycles. The van der Waals surface area contributed by atoms with Crippen LogP contribution in [0.4, 0.5) is 17.2 Å². The minimum atomic E-state index is -0.601. The molecule has 0 saturated heterocycles. The number of nitrogens with zero attached hydrogens (tertiary/aromatic N) is 1. The molecule has 4 rings (SSSR count). The highest BCUT2D eigenvalue weighted by molar-refractivity contribution is 5.94. The van der Waals surface area contributed by atoms with E-state index in [0.717, 1.165) is 33.2 Å². The lowest BCUT2D eigenvalue weighted by Gasteiger charge is -2.21. The van der Waals surface area contributed by atoms with Crippen molar-refractivity contribution in [1.29, 1.82) is 0 Å². The van der Waals surface area contributed by atoms with Crippen LogP contribution in [-0.4, -0.2) is 16.8 Å². The first-order valence-corrected chi connectivity index (χ1v) is 11.0. The van der Waals surface area contributed by atoms with Crippen molar-refractivity contribution in [2.45, 2.75) is 26.4 Å². The molecule has 0 saturated carbocycles. The van der Waals surface area contributed by atoms with Gasteiger partial charge in [-0.3, -0.25) is 9.59 Å². The second kappa shape index (κ2) is 10.0. The number of carbonyl (C=O) groups is 2. The summed E-state index contributed by atoms with van der Waals surface area (Å²) in [6, 6.07) is 22.3. The predicted molar refractivity (Wildman–Crippen MR) is 136 cm³/mol. The van der Waals surface area contributed by atoms with Gasteiger partial charge in [-0.15, -0.1) is 0 Å². The maximum absolute atomic E-state index is 13.3. The van der Waals surface area contributed by atoms with E-state index in [1.54, 1.807) is 6.20 Å². The molecule has 3 aromatic carbocycles. The molecule has 5 N–H and O–H groups in total. The number of nitrogens with two attached hydrogens (primary N) is 1. The summed E-state index contributed by atoms with van der Waals surface area (Å²) in [5, 5.41) is 10.9. The fourth-order valence-corrected chi connectivity index (χ4v) is 3.77. The first-order valence-electron chi connectivity index (χ1n) is 11.0. The van der Waals surface area contributed by atoms with Gasteiger partial charge in [0.15, 0.2) is 0 Å². The number of carbonyl (C=O) groups excluding carboxylic acids is 2. The van der Waals surface area contributed by atoms with Crippen LogP contribution in [0.1, 0.15) is 29.7 Å². The Hall–Kier alpha value is -4.39. The third-order valence-corrected chi connectivity index (χ3v) is 5.49. The van der Waals surface area contributed by atoms with Crippen molar-refractivity contribution in [2.24, 2.45) is 0 Å². The van der Waals surface area contributed by atoms with Crippen LogP contribution in [0.3, 0.4) is 0 Å². The smallest absolute Gasteiger partial charge is 0.247 e. The Kier molecular flexibility index (Phi) is 6.73. The molecule has 0 bridgehead atoms. The second-order valence-electron chi connectivity index (χ2n) is 8.22. The molecule has 172 valence electrons. The number of fused-ring (bicyclic) bond motifs is 1. The molecule has 7 nitrogen and oxygen atoms in total. The average Bonchev–Trinajstić information content (AvgIpc) is 2.82. The molecule has 0 fully saturated rings. The number of aryl methyl sites for hydroxylation is 1. The van der Waals surface area contributed by atoms with E-state index in [9.17, 15) is 9.59 Å². The fraction of sp³-hybridized carbons (Fsp3) is 0.148. The molecule has 1 aromatic heterocycles. The molecule has 4 aromatic rings. The quantitative estimate of drug-likeness (QED) is 0.328. The zero-order chi connectivity index (χ0) is 24.1. The van der Waals surface area contributed by atoms with E-state index in [1.165, 1.54) is 6.92 Å². The molecule has 0 spiro atoms. The van der Waals surface area contributed by atoms with Gasteiger partial charge in [0.1, 0.15) is 11.9 Å². The number of nitrogen functional groups attached to an aromatic ring is 1. The summed E-state index contributed by atoms with van der Waals surface area (Å²) in [7, 11) is 0. The summed E-state index contributed by atoms with van der Waals surface area (Å²) in [5.74, 6) is 0.166. The summed E-state index contributed by atoms with van der Waals surface area (Å²) >= 11 is 0. The maximum Gasteiger partial charge on any atom is 0.247 e. The van der Waals surface area contributed by atoms with Crippen molar-refractivity contribution < 1.29 is 9.59 Å². The summed E-state index contributed by atoms with van der Waals surface area (Å²) < 4.78 is 0. The Labute approximate surface area is 198 Å². The minimum absolute atomic E-state index is 0.141. The first kappa shape index (κ1) is 22.8. The van der Waals surface area contributed by atoms with Gasteiger partial charge in [-0.2, -0.15) is 0 Å². The summed E-state index contributed by atoms with van der Waals surface area (Å²) in [5.41, 5.74) is 10.3. The normalized spacial score (nSPS) is 11.6. The molecular formula is C27H27N5O2. The molecule has 0 aliphatic carbocycles. The standard InChI is InChI=1S/C27H27N5O2/c1-17-6-8-20(9-7-17)25(32-23-10-11-24-21(15-23)12-13-29-26(24)28)27(34)30-16-19-4-3-5-22(14-19)31-18(2)33/h3-15,25,32H,16H2,1-2H3,(H2,28,29)(H,30,34)(H,31,33). The van der Waals surface area contributed by atoms with Gasteiger partial charge in [-0.1, -0.05) is 42.0 Å². The van der Waals surface area contributed by atoms with Gasteiger partial charge in [-0.25, -0.2) is 4.98 Å². The first-order chi connectivity index (χ1) is 16.4. The molecular weight excluding hydrogens is 426 g/mol. The summed E-state index contributed by atoms with van der Waals surface area (Å²) in [6.07, 6.45) is 1.67. The van der Waals surface area contributed by atoms with Crippen LogP contribution in [-0.2, 0) is 16.1 Å². The number of hydrogen-bond acceptors (Lipinski definition) is 5. The number of hydrogen-bond donors (Lipinski definition) is 4. The zero-order valence-corrected chi connectivity index (χ0v) is 19.1. The molecule has 1 heterocycles. The highest BCUT2D eigenvalue weighted by Crippen LogP contribution is 2.26. The number of nitrogens with one attached hydrogen (secondary N) is 3. The molecule has 0 radical (unpaired) electrons. The molecule has 1 unspecified atom stereocenters. The van der Waals surface area contributed by atoms with Gasteiger partial charge >= 0.3 is 0 Å². The fourth-order valence-electron chi connectivity index (χ4n) is 3.77. The van der Waals surface area contributed by atoms with Crippen molar-refractivity contribution in [3.63, 3.8) is 0 Å². The molecule has 2 amide bonds. The van der Waals surface area contributed by atoms with E-state index < -0.39 is 6.04 Å². The lowest BCUT2D eigenvalue weighted by molar-refractivity contribution is -0.122. The van der Waals surface area contributed by atoms with Gasteiger partial charge in [0.05, 0.1) is 0 Å². The third kappa shape index (κ3) is 5.50. The van der Waals surface area contributed by atoms with Crippen LogP contribution in [0, 0.1) is 6.92 Å². The predicted octanol–water partition coefficient (Wildman–Crippen LogP) is 4.55. The highest BCUT2D eigenvalue weighted by Gasteiger charge is 2.21. The van der Waals surface area contributed by atoms with Gasteiger partial charge in [0, 0.05) is 36.4 Å². The van der Waals surface area contributed by atoms with Crippen molar-refractivity contribution in [2.75, 3.05) is 16.4 Å². The lowest BCUT2D eigenvalue weighted by atomic mass is 10.0. The Morgan fingerprint density at radius 2 is 1.76 bits per heavy atom. The number of pyridine rings is 1. The van der Waals surface area contributed by atoms with Crippen LogP contribution in [0.25, 0.3) is 10.8 Å². The van der Waals surface area contributed by atoms with E-state index in [0.29, 0.717) is 18.1 Å². The van der Waals surface area contributed by atoms with Crippen molar-refractivity contribution in [3.05, 3.63) is 95.7 Å². The Morgan fingerprint density at radius 1 is 0.971 bits per heavy atom. The SMILES string of the molecule is CC(=O)Nc1cccc(CNC(=O)C(Nc2ccc3c(N)nccc3c2)c2ccc(C)cc2)c1. The number of aromatic nitrogens is 1. The minimum Gasteiger partial charge on any atom is -0.383 e.